The molecule has 1 aliphatic rings. The summed E-state index contributed by atoms with van der Waals surface area (Å²) in [6, 6.07) is 3.63. The lowest BCUT2D eigenvalue weighted by Crippen LogP contribution is -2.27. The standard InChI is InChI=1S/C23H26F2N4O3S/c1-14-18-20(32-12-15-4-7-23(24,25)8-5-15)27-13-28-21(18)33-19(14)22(30)29(2)11-16-6-9-26-17(10-16)31-3/h6,9-10,13,15H,4-5,7-8,11-12H2,1-3H3. The fraction of sp³-hybridized carbons (Fsp3) is 0.478. The summed E-state index contributed by atoms with van der Waals surface area (Å²) in [6.45, 7) is 2.57. The van der Waals surface area contributed by atoms with Crippen molar-refractivity contribution in [1.29, 1.82) is 0 Å². The molecule has 0 aromatic carbocycles. The third-order valence-electron chi connectivity index (χ3n) is 5.95. The number of pyridine rings is 1. The number of hydrogen-bond donors (Lipinski definition) is 0. The Kier molecular flexibility index (Phi) is 6.73. The van der Waals surface area contributed by atoms with Crippen LogP contribution in [0.5, 0.6) is 11.8 Å². The second kappa shape index (κ2) is 9.54. The Balaban J connectivity index is 1.49. The predicted octanol–water partition coefficient (Wildman–Crippen LogP) is 4.88. The van der Waals surface area contributed by atoms with Crippen molar-refractivity contribution < 1.29 is 23.0 Å². The number of fused-ring (bicyclic) bond motifs is 1. The Bertz CT molecular complexity index is 1140. The van der Waals surface area contributed by atoms with Crippen LogP contribution in [-0.4, -0.2) is 52.4 Å². The quantitative estimate of drug-likeness (QED) is 0.484. The number of nitrogens with zero attached hydrogens (tertiary/aromatic N) is 4. The minimum absolute atomic E-state index is 0.0678. The number of halogens is 2. The van der Waals surface area contributed by atoms with Crippen LogP contribution in [0.1, 0.15) is 46.5 Å². The van der Waals surface area contributed by atoms with E-state index in [9.17, 15) is 13.6 Å². The molecule has 4 rings (SSSR count). The molecular formula is C23H26F2N4O3S. The molecule has 0 aliphatic heterocycles. The van der Waals surface area contributed by atoms with Crippen molar-refractivity contribution in [3.05, 3.63) is 40.7 Å². The SMILES string of the molecule is COc1cc(CN(C)C(=O)c2sc3ncnc(OCC4CCC(F)(F)CC4)c3c2C)ccn1. The van der Waals surface area contributed by atoms with Crippen LogP contribution < -0.4 is 9.47 Å². The van der Waals surface area contributed by atoms with Crippen molar-refractivity contribution in [3.8, 4) is 11.8 Å². The van der Waals surface area contributed by atoms with Crippen LogP contribution in [0, 0.1) is 12.8 Å². The van der Waals surface area contributed by atoms with Crippen molar-refractivity contribution in [2.75, 3.05) is 20.8 Å². The zero-order chi connectivity index (χ0) is 23.6. The normalized spacial score (nSPS) is 16.0. The molecule has 0 saturated heterocycles. The summed E-state index contributed by atoms with van der Waals surface area (Å²) in [5.41, 5.74) is 1.66. The minimum atomic E-state index is -2.56. The second-order valence-electron chi connectivity index (χ2n) is 8.39. The van der Waals surface area contributed by atoms with Crippen LogP contribution in [0.2, 0.25) is 0 Å². The van der Waals surface area contributed by atoms with Gasteiger partial charge < -0.3 is 14.4 Å². The van der Waals surface area contributed by atoms with Gasteiger partial charge in [-0.15, -0.1) is 11.3 Å². The van der Waals surface area contributed by atoms with Crippen molar-refractivity contribution in [2.45, 2.75) is 45.1 Å². The van der Waals surface area contributed by atoms with Crippen LogP contribution in [0.4, 0.5) is 8.78 Å². The summed E-state index contributed by atoms with van der Waals surface area (Å²) in [7, 11) is 3.28. The molecule has 1 saturated carbocycles. The molecule has 0 unspecified atom stereocenters. The van der Waals surface area contributed by atoms with Crippen LogP contribution in [-0.2, 0) is 6.54 Å². The molecule has 3 aromatic rings. The summed E-state index contributed by atoms with van der Waals surface area (Å²) in [6.07, 6.45) is 3.70. The maximum absolute atomic E-state index is 13.4. The number of hydrogen-bond acceptors (Lipinski definition) is 7. The van der Waals surface area contributed by atoms with E-state index in [-0.39, 0.29) is 24.7 Å². The molecule has 0 N–H and O–H groups in total. The van der Waals surface area contributed by atoms with Crippen molar-refractivity contribution in [1.82, 2.24) is 19.9 Å². The van der Waals surface area contributed by atoms with E-state index >= 15 is 0 Å². The smallest absolute Gasteiger partial charge is 0.264 e. The zero-order valence-electron chi connectivity index (χ0n) is 18.8. The van der Waals surface area contributed by atoms with Crippen molar-refractivity contribution in [3.63, 3.8) is 0 Å². The second-order valence-corrected chi connectivity index (χ2v) is 9.39. The Morgan fingerprint density at radius 1 is 1.27 bits per heavy atom. The van der Waals surface area contributed by atoms with Gasteiger partial charge in [0.1, 0.15) is 11.2 Å². The first-order valence-electron chi connectivity index (χ1n) is 10.8. The first-order valence-corrected chi connectivity index (χ1v) is 11.6. The molecule has 3 heterocycles. The van der Waals surface area contributed by atoms with E-state index in [1.807, 2.05) is 13.0 Å². The molecule has 3 aromatic heterocycles. The first kappa shape index (κ1) is 23.3. The number of rotatable bonds is 7. The molecule has 0 atom stereocenters. The predicted molar refractivity (Wildman–Crippen MR) is 121 cm³/mol. The number of carbonyl (C=O) groups is 1. The third kappa shape index (κ3) is 5.21. The monoisotopic (exact) mass is 476 g/mol. The minimum Gasteiger partial charge on any atom is -0.481 e. The van der Waals surface area contributed by atoms with Crippen LogP contribution in [0.25, 0.3) is 10.2 Å². The molecule has 0 bridgehead atoms. The van der Waals surface area contributed by atoms with Gasteiger partial charge in [-0.05, 0) is 42.9 Å². The highest BCUT2D eigenvalue weighted by Crippen LogP contribution is 2.38. The van der Waals surface area contributed by atoms with Crippen molar-refractivity contribution in [2.24, 2.45) is 5.92 Å². The van der Waals surface area contributed by atoms with Gasteiger partial charge in [0.05, 0.1) is 24.0 Å². The Labute approximate surface area is 194 Å². The van der Waals surface area contributed by atoms with Gasteiger partial charge in [-0.25, -0.2) is 23.7 Å². The van der Waals surface area contributed by atoms with Gasteiger partial charge in [0.2, 0.25) is 17.7 Å². The highest BCUT2D eigenvalue weighted by atomic mass is 32.1. The van der Waals surface area contributed by atoms with Crippen molar-refractivity contribution >= 4 is 27.5 Å². The fourth-order valence-corrected chi connectivity index (χ4v) is 5.13. The lowest BCUT2D eigenvalue weighted by atomic mass is 9.87. The van der Waals surface area contributed by atoms with Crippen LogP contribution >= 0.6 is 11.3 Å². The number of ether oxygens (including phenoxy) is 2. The Hall–Kier alpha value is -2.88. The first-order chi connectivity index (χ1) is 15.8. The number of aromatic nitrogens is 3. The molecule has 0 radical (unpaired) electrons. The molecule has 176 valence electrons. The lowest BCUT2D eigenvalue weighted by Gasteiger charge is -2.27. The number of methoxy groups -OCH3 is 1. The molecule has 1 amide bonds. The molecule has 7 nitrogen and oxygen atoms in total. The summed E-state index contributed by atoms with van der Waals surface area (Å²) in [5, 5.41) is 0.700. The molecular weight excluding hydrogens is 450 g/mol. The Morgan fingerprint density at radius 2 is 2.03 bits per heavy atom. The number of carbonyl (C=O) groups excluding carboxylic acids is 1. The third-order valence-corrected chi connectivity index (χ3v) is 7.14. The van der Waals surface area contributed by atoms with Crippen LogP contribution in [0.3, 0.4) is 0 Å². The summed E-state index contributed by atoms with van der Waals surface area (Å²) in [4.78, 5) is 28.7. The average Bonchev–Trinajstić information content (AvgIpc) is 3.15. The molecule has 1 fully saturated rings. The van der Waals surface area contributed by atoms with Gasteiger partial charge in [-0.1, -0.05) is 0 Å². The van der Waals surface area contributed by atoms with Crippen LogP contribution in [0.15, 0.2) is 24.7 Å². The maximum Gasteiger partial charge on any atom is 0.264 e. The highest BCUT2D eigenvalue weighted by Gasteiger charge is 2.35. The summed E-state index contributed by atoms with van der Waals surface area (Å²) >= 11 is 1.30. The number of thiophene rings is 1. The molecule has 33 heavy (non-hydrogen) atoms. The van der Waals surface area contributed by atoms with Gasteiger partial charge >= 0.3 is 0 Å². The Morgan fingerprint density at radius 3 is 2.76 bits per heavy atom. The number of alkyl halides is 2. The topological polar surface area (TPSA) is 77.4 Å². The van der Waals surface area contributed by atoms with E-state index in [0.717, 1.165) is 11.1 Å². The van der Waals surface area contributed by atoms with E-state index < -0.39 is 5.92 Å². The fourth-order valence-electron chi connectivity index (χ4n) is 4.00. The highest BCUT2D eigenvalue weighted by molar-refractivity contribution is 7.20. The van der Waals surface area contributed by atoms with Gasteiger partial charge in [0.15, 0.2) is 0 Å². The van der Waals surface area contributed by atoms with E-state index in [1.165, 1.54) is 17.7 Å². The van der Waals surface area contributed by atoms with Gasteiger partial charge in [-0.2, -0.15) is 0 Å². The summed E-state index contributed by atoms with van der Waals surface area (Å²) in [5.74, 6) is -1.74. The molecule has 1 aliphatic carbocycles. The van der Waals surface area contributed by atoms with Gasteiger partial charge in [-0.3, -0.25) is 4.79 Å². The zero-order valence-corrected chi connectivity index (χ0v) is 19.6. The van der Waals surface area contributed by atoms with Gasteiger partial charge in [0, 0.05) is 38.7 Å². The van der Waals surface area contributed by atoms with E-state index in [0.29, 0.717) is 52.8 Å². The average molecular weight is 477 g/mol. The van der Waals surface area contributed by atoms with E-state index in [4.69, 9.17) is 9.47 Å². The van der Waals surface area contributed by atoms with E-state index in [2.05, 4.69) is 15.0 Å². The number of amides is 1. The summed E-state index contributed by atoms with van der Waals surface area (Å²) < 4.78 is 37.9. The van der Waals surface area contributed by atoms with E-state index in [1.54, 1.807) is 31.3 Å². The maximum atomic E-state index is 13.4. The molecule has 10 heteroatoms. The lowest BCUT2D eigenvalue weighted by molar-refractivity contribution is -0.0499. The number of aryl methyl sites for hydroxylation is 1. The molecule has 0 spiro atoms. The van der Waals surface area contributed by atoms with Gasteiger partial charge in [0.25, 0.3) is 5.91 Å². The largest absolute Gasteiger partial charge is 0.481 e.